The second kappa shape index (κ2) is 12.4. The van der Waals surface area contributed by atoms with Crippen molar-refractivity contribution in [1.29, 1.82) is 0 Å². The number of benzene rings is 2. The molecule has 1 fully saturated rings. The number of nitrogens with zero attached hydrogens (tertiary/aromatic N) is 4. The number of hydrogen-bond acceptors (Lipinski definition) is 6. The van der Waals surface area contributed by atoms with Gasteiger partial charge >= 0.3 is 6.18 Å². The minimum Gasteiger partial charge on any atom is -0.506 e. The van der Waals surface area contributed by atoms with Crippen LogP contribution in [-0.2, 0) is 11.3 Å². The minimum atomic E-state index is -5.07. The molecule has 246 valence electrons. The van der Waals surface area contributed by atoms with Gasteiger partial charge in [0, 0.05) is 49.4 Å². The molecule has 2 aliphatic rings. The molecule has 5 rings (SSSR count). The van der Waals surface area contributed by atoms with E-state index in [2.05, 4.69) is 40.3 Å². The summed E-state index contributed by atoms with van der Waals surface area (Å²) < 4.78 is 88.1. The second-order valence-corrected chi connectivity index (χ2v) is 11.7. The molecule has 0 bridgehead atoms. The highest BCUT2D eigenvalue weighted by molar-refractivity contribution is 5.97. The maximum Gasteiger partial charge on any atom is 0.412 e. The lowest BCUT2D eigenvalue weighted by Crippen LogP contribution is -2.50. The molecule has 0 aliphatic carbocycles. The molecular weight excluding hydrogens is 620 g/mol. The largest absolute Gasteiger partial charge is 0.506 e. The van der Waals surface area contributed by atoms with E-state index in [0.717, 1.165) is 29.8 Å². The highest BCUT2D eigenvalue weighted by Crippen LogP contribution is 2.48. The third-order valence-corrected chi connectivity index (χ3v) is 8.54. The Morgan fingerprint density at radius 2 is 1.72 bits per heavy atom. The normalized spacial score (nSPS) is 16.9. The zero-order valence-electron chi connectivity index (χ0n) is 26.0. The van der Waals surface area contributed by atoms with Gasteiger partial charge < -0.3 is 20.2 Å². The number of hydrogen-bond donors (Lipinski definition) is 2. The number of likely N-dealkylation sites (tertiary alicyclic amines) is 1. The van der Waals surface area contributed by atoms with Crippen LogP contribution >= 0.6 is 0 Å². The Labute approximate surface area is 269 Å². The molecule has 1 atom stereocenters. The predicted octanol–water partition coefficient (Wildman–Crippen LogP) is 8.54. The van der Waals surface area contributed by atoms with Crippen molar-refractivity contribution >= 4 is 28.8 Å². The summed E-state index contributed by atoms with van der Waals surface area (Å²) in [6.45, 7) is 10.6. The zero-order chi connectivity index (χ0) is 34.3. The summed E-state index contributed by atoms with van der Waals surface area (Å²) in [6, 6.07) is 10.9. The van der Waals surface area contributed by atoms with E-state index in [1.54, 1.807) is 18.9 Å². The molecule has 0 saturated carbocycles. The van der Waals surface area contributed by atoms with E-state index in [0.29, 0.717) is 38.8 Å². The van der Waals surface area contributed by atoms with Crippen molar-refractivity contribution in [3.05, 3.63) is 102 Å². The number of aliphatic hydroxyl groups is 1. The van der Waals surface area contributed by atoms with E-state index in [1.165, 1.54) is 0 Å². The smallest absolute Gasteiger partial charge is 0.412 e. The van der Waals surface area contributed by atoms with E-state index < -0.39 is 57.8 Å². The number of fused-ring (bicyclic) bond motifs is 1. The maximum atomic E-state index is 14.9. The first-order chi connectivity index (χ1) is 22.1. The molecule has 0 radical (unpaired) electrons. The summed E-state index contributed by atoms with van der Waals surface area (Å²) in [5.74, 6) is 1.35. The van der Waals surface area contributed by atoms with Crippen molar-refractivity contribution in [3.8, 4) is 11.8 Å². The van der Waals surface area contributed by atoms with Gasteiger partial charge in [0.15, 0.2) is 6.04 Å². The monoisotopic (exact) mass is 653 g/mol. The molecule has 6 nitrogen and oxygen atoms in total. The number of anilines is 1. The van der Waals surface area contributed by atoms with Crippen LogP contribution in [0, 0.1) is 17.8 Å². The first kappa shape index (κ1) is 33.4. The highest BCUT2D eigenvalue weighted by atomic mass is 19.4. The molecule has 0 spiro atoms. The fraction of sp³-hybridized carbons (Fsp3) is 0.314. The number of rotatable bonds is 6. The molecule has 2 aliphatic heterocycles. The lowest BCUT2D eigenvalue weighted by Gasteiger charge is -2.43. The van der Waals surface area contributed by atoms with E-state index in [9.17, 15) is 31.4 Å². The maximum absolute atomic E-state index is 14.9. The lowest BCUT2D eigenvalue weighted by atomic mass is 9.73. The number of pyridine rings is 1. The van der Waals surface area contributed by atoms with E-state index in [-0.39, 0.29) is 16.9 Å². The van der Waals surface area contributed by atoms with Crippen molar-refractivity contribution in [3.63, 3.8) is 0 Å². The SMILES string of the molecule is C=C(O)c1nc(F)ccc1NC(c1cc(C(C)(F)F)cc2c1N=C(N1CCC(C#CC)(c3ccccc3)CC1)N(C)C2=C)C(F)(F)F. The molecule has 2 N–H and O–H groups in total. The highest BCUT2D eigenvalue weighted by Gasteiger charge is 2.45. The first-order valence-corrected chi connectivity index (χ1v) is 14.8. The zero-order valence-corrected chi connectivity index (χ0v) is 26.0. The first-order valence-electron chi connectivity index (χ1n) is 14.8. The fourth-order valence-electron chi connectivity index (χ4n) is 6.07. The van der Waals surface area contributed by atoms with Gasteiger partial charge in [-0.25, -0.2) is 18.8 Å². The van der Waals surface area contributed by atoms with Crippen LogP contribution in [0.4, 0.5) is 37.7 Å². The molecule has 12 heteroatoms. The van der Waals surface area contributed by atoms with Gasteiger partial charge in [0.1, 0.15) is 11.5 Å². The number of alkyl halides is 5. The molecule has 1 saturated heterocycles. The van der Waals surface area contributed by atoms with Gasteiger partial charge in [0.25, 0.3) is 5.92 Å². The summed E-state index contributed by atoms with van der Waals surface area (Å²) in [6.07, 6.45) is -3.86. The third kappa shape index (κ3) is 6.52. The molecular formula is C35H33F6N5O. The minimum absolute atomic E-state index is 0.00200. The molecule has 3 heterocycles. The number of aliphatic hydroxyl groups excluding tert-OH is 1. The summed E-state index contributed by atoms with van der Waals surface area (Å²) >= 11 is 0. The number of nitrogens with one attached hydrogen (secondary N) is 1. The Bertz CT molecular complexity index is 1790. The van der Waals surface area contributed by atoms with Crippen LogP contribution in [0.25, 0.3) is 11.5 Å². The Hall–Kier alpha value is -4.92. The van der Waals surface area contributed by atoms with Crippen molar-refractivity contribution < 1.29 is 31.4 Å². The van der Waals surface area contributed by atoms with Gasteiger partial charge in [-0.1, -0.05) is 49.4 Å². The molecule has 47 heavy (non-hydrogen) atoms. The Balaban J connectivity index is 1.63. The average molecular weight is 654 g/mol. The Morgan fingerprint density at radius 1 is 1.06 bits per heavy atom. The van der Waals surface area contributed by atoms with Crippen LogP contribution in [0.15, 0.2) is 72.7 Å². The predicted molar refractivity (Wildman–Crippen MR) is 171 cm³/mol. The lowest BCUT2D eigenvalue weighted by molar-refractivity contribution is -0.144. The van der Waals surface area contributed by atoms with Crippen molar-refractivity contribution in [2.24, 2.45) is 4.99 Å². The summed E-state index contributed by atoms with van der Waals surface area (Å²) in [5.41, 5.74) is -1.64. The van der Waals surface area contributed by atoms with E-state index in [4.69, 9.17) is 0 Å². The molecule has 3 aromatic rings. The summed E-state index contributed by atoms with van der Waals surface area (Å²) in [4.78, 5) is 11.6. The second-order valence-electron chi connectivity index (χ2n) is 11.7. The van der Waals surface area contributed by atoms with Crippen LogP contribution in [0.5, 0.6) is 0 Å². The number of piperidine rings is 1. The van der Waals surface area contributed by atoms with Gasteiger partial charge in [-0.2, -0.15) is 17.6 Å². The topological polar surface area (TPSA) is 64.0 Å². The van der Waals surface area contributed by atoms with Crippen LogP contribution in [0.3, 0.4) is 0 Å². The summed E-state index contributed by atoms with van der Waals surface area (Å²) in [7, 11) is 1.63. The van der Waals surface area contributed by atoms with Crippen molar-refractivity contribution in [2.45, 2.75) is 50.2 Å². The molecule has 0 amide bonds. The van der Waals surface area contributed by atoms with Crippen molar-refractivity contribution in [1.82, 2.24) is 14.8 Å². The van der Waals surface area contributed by atoms with Crippen molar-refractivity contribution in [2.75, 3.05) is 25.5 Å². The van der Waals surface area contributed by atoms with Crippen LogP contribution < -0.4 is 5.32 Å². The Morgan fingerprint density at radius 3 is 2.30 bits per heavy atom. The standard InChI is InChI=1S/C35H33F6N5O/c1-6-14-34(23-10-8-7-9-11-23)15-17-46(18-16-34)32-44-30-25(21(2)45(32)5)19-24(33(4,37)38)20-26(30)31(35(39,40)41)42-27-12-13-28(36)43-29(27)22(3)47/h7-13,19-20,31,42,47H,2-3,15-18H2,1,4-5H3. The van der Waals surface area contributed by atoms with Gasteiger partial charge in [0.2, 0.25) is 11.9 Å². The number of aromatic nitrogens is 1. The molecule has 1 unspecified atom stereocenters. The average Bonchev–Trinajstić information content (AvgIpc) is 3.01. The van der Waals surface area contributed by atoms with Gasteiger partial charge in [-0.3, -0.25) is 0 Å². The number of guanidine groups is 1. The molecule has 1 aromatic heterocycles. The third-order valence-electron chi connectivity index (χ3n) is 8.54. The van der Waals surface area contributed by atoms with E-state index >= 15 is 0 Å². The molecule has 2 aromatic carbocycles. The van der Waals surface area contributed by atoms with Crippen LogP contribution in [0.1, 0.15) is 60.7 Å². The van der Waals surface area contributed by atoms with Crippen LogP contribution in [0.2, 0.25) is 0 Å². The quantitative estimate of drug-likeness (QED) is 0.121. The van der Waals surface area contributed by atoms with Gasteiger partial charge in [-0.05, 0) is 49.6 Å². The summed E-state index contributed by atoms with van der Waals surface area (Å²) in [5, 5.41) is 12.2. The number of halogens is 6. The van der Waals surface area contributed by atoms with Gasteiger partial charge in [-0.15, -0.1) is 5.92 Å². The van der Waals surface area contributed by atoms with E-state index in [1.807, 2.05) is 35.2 Å². The number of aliphatic imine (C=N–C) groups is 1. The fourth-order valence-corrected chi connectivity index (χ4v) is 6.07. The van der Waals surface area contributed by atoms with Gasteiger partial charge in [0.05, 0.1) is 16.8 Å². The Kier molecular flexibility index (Phi) is 8.79. The van der Waals surface area contributed by atoms with Crippen LogP contribution in [-0.4, -0.2) is 52.2 Å².